The third-order valence-corrected chi connectivity index (χ3v) is 5.84. The van der Waals surface area contributed by atoms with Gasteiger partial charge in [-0.05, 0) is 35.7 Å². The van der Waals surface area contributed by atoms with Gasteiger partial charge in [0.15, 0.2) is 0 Å². The topological polar surface area (TPSA) is 110 Å². The molecule has 160 valence electrons. The molecular weight excluding hydrogens is 451 g/mol. The van der Waals surface area contributed by atoms with E-state index in [0.717, 1.165) is 18.2 Å². The molecule has 1 N–H and O–H groups in total. The first-order chi connectivity index (χ1) is 13.9. The number of hydrogen-bond acceptors (Lipinski definition) is 5. The number of fused-ring (bicyclic) bond motifs is 1. The number of anilines is 1. The van der Waals surface area contributed by atoms with Crippen LogP contribution >= 0.6 is 11.6 Å². The molecule has 0 bridgehead atoms. The van der Waals surface area contributed by atoms with Crippen molar-refractivity contribution in [2.45, 2.75) is 18.5 Å². The number of carbonyl (C=O) groups is 1. The Balaban J connectivity index is 1.76. The van der Waals surface area contributed by atoms with Crippen molar-refractivity contribution in [3.8, 4) is 0 Å². The largest absolute Gasteiger partial charge is 0.516 e. The van der Waals surface area contributed by atoms with E-state index in [4.69, 9.17) is 11.6 Å². The Morgan fingerprint density at radius 1 is 1.20 bits per heavy atom. The first kappa shape index (κ1) is 21.8. The highest BCUT2D eigenvalue weighted by molar-refractivity contribution is 7.93. The smallest absolute Gasteiger partial charge is 0.334 e. The highest BCUT2D eigenvalue weighted by Crippen LogP contribution is 2.32. The van der Waals surface area contributed by atoms with E-state index >= 15 is 0 Å². The minimum absolute atomic E-state index is 0.0584. The number of nitrogens with zero attached hydrogens (tertiary/aromatic N) is 2. The van der Waals surface area contributed by atoms with Gasteiger partial charge in [0, 0.05) is 30.4 Å². The van der Waals surface area contributed by atoms with Crippen LogP contribution in [0.1, 0.15) is 21.5 Å². The van der Waals surface area contributed by atoms with Crippen LogP contribution in [0, 0.1) is 10.1 Å². The van der Waals surface area contributed by atoms with Crippen LogP contribution in [-0.2, 0) is 23.0 Å². The highest BCUT2D eigenvalue weighted by Gasteiger charge is 2.46. The van der Waals surface area contributed by atoms with Gasteiger partial charge in [0.2, 0.25) is 0 Å². The maximum atomic E-state index is 12.7. The summed E-state index contributed by atoms with van der Waals surface area (Å²) < 4.78 is 61.0. The summed E-state index contributed by atoms with van der Waals surface area (Å²) in [6.45, 7) is 0.392. The van der Waals surface area contributed by atoms with Gasteiger partial charge in [-0.3, -0.25) is 19.6 Å². The maximum absolute atomic E-state index is 12.7. The average Bonchev–Trinajstić information content (AvgIpc) is 2.64. The molecule has 0 saturated heterocycles. The van der Waals surface area contributed by atoms with Gasteiger partial charge in [-0.25, -0.2) is 0 Å². The summed E-state index contributed by atoms with van der Waals surface area (Å²) in [6, 6.07) is 7.56. The molecule has 0 unspecified atom stereocenters. The number of benzene rings is 2. The number of nitro groups is 1. The minimum atomic E-state index is -5.53. The van der Waals surface area contributed by atoms with Gasteiger partial charge >= 0.3 is 15.5 Å². The summed E-state index contributed by atoms with van der Waals surface area (Å²) in [7, 11) is -5.53. The second kappa shape index (κ2) is 7.76. The molecule has 3 rings (SSSR count). The van der Waals surface area contributed by atoms with E-state index in [1.807, 2.05) is 0 Å². The molecule has 0 radical (unpaired) electrons. The minimum Gasteiger partial charge on any atom is -0.334 e. The Morgan fingerprint density at radius 2 is 1.83 bits per heavy atom. The van der Waals surface area contributed by atoms with Crippen LogP contribution in [0.3, 0.4) is 0 Å². The molecule has 2 aromatic carbocycles. The zero-order valence-corrected chi connectivity index (χ0v) is 16.5. The lowest BCUT2D eigenvalue weighted by Gasteiger charge is -2.28. The van der Waals surface area contributed by atoms with Gasteiger partial charge in [-0.1, -0.05) is 23.7 Å². The standard InChI is InChI=1S/C17H13ClF3N3O5S/c18-14-7-11-5-6-23(16(25)13(11)8-15(14)24(26)27)9-10-1-3-12(4-2-10)22-30(28,29)17(19,20)21/h1-4,7-8,22H,5-6,9H2. The average molecular weight is 464 g/mol. The number of amides is 1. The second-order valence-electron chi connectivity index (χ2n) is 6.44. The Bertz CT molecular complexity index is 1120. The van der Waals surface area contributed by atoms with Crippen LogP contribution in [0.15, 0.2) is 36.4 Å². The molecule has 1 heterocycles. The highest BCUT2D eigenvalue weighted by atomic mass is 35.5. The fourth-order valence-electron chi connectivity index (χ4n) is 2.94. The SMILES string of the molecule is O=C1c2cc([N+](=O)[O-])c(Cl)cc2CCN1Cc1ccc(NS(=O)(=O)C(F)(F)F)cc1. The molecule has 2 aromatic rings. The molecule has 13 heteroatoms. The zero-order chi connectivity index (χ0) is 22.3. The number of alkyl halides is 3. The number of hydrogen-bond donors (Lipinski definition) is 1. The van der Waals surface area contributed by atoms with Crippen molar-refractivity contribution in [1.82, 2.24) is 4.90 Å². The molecule has 1 amide bonds. The third kappa shape index (κ3) is 4.33. The summed E-state index contributed by atoms with van der Waals surface area (Å²) in [4.78, 5) is 24.5. The monoisotopic (exact) mass is 463 g/mol. The Hall–Kier alpha value is -2.86. The van der Waals surface area contributed by atoms with Gasteiger partial charge in [-0.2, -0.15) is 21.6 Å². The number of nitro benzene ring substituents is 1. The summed E-state index contributed by atoms with van der Waals surface area (Å²) in [5.74, 6) is -0.446. The molecule has 0 aromatic heterocycles. The number of rotatable bonds is 5. The number of nitrogens with one attached hydrogen (secondary N) is 1. The van der Waals surface area contributed by atoms with Gasteiger partial charge in [-0.15, -0.1) is 0 Å². The fraction of sp³-hybridized carbons (Fsp3) is 0.235. The van der Waals surface area contributed by atoms with Crippen molar-refractivity contribution in [1.29, 1.82) is 0 Å². The lowest BCUT2D eigenvalue weighted by molar-refractivity contribution is -0.384. The van der Waals surface area contributed by atoms with E-state index < -0.39 is 26.4 Å². The first-order valence-corrected chi connectivity index (χ1v) is 10.2. The van der Waals surface area contributed by atoms with Crippen LogP contribution < -0.4 is 4.72 Å². The van der Waals surface area contributed by atoms with Crippen molar-refractivity contribution in [2.24, 2.45) is 0 Å². The van der Waals surface area contributed by atoms with Gasteiger partial charge in [0.25, 0.3) is 11.6 Å². The molecule has 0 spiro atoms. The Morgan fingerprint density at radius 3 is 2.40 bits per heavy atom. The van der Waals surface area contributed by atoms with Crippen molar-refractivity contribution < 1.29 is 31.3 Å². The number of sulfonamides is 1. The molecule has 0 saturated carbocycles. The lowest BCUT2D eigenvalue weighted by Crippen LogP contribution is -2.37. The van der Waals surface area contributed by atoms with Crippen LogP contribution in [0.2, 0.25) is 5.02 Å². The molecule has 30 heavy (non-hydrogen) atoms. The number of carbonyl (C=O) groups excluding carboxylic acids is 1. The van der Waals surface area contributed by atoms with Crippen molar-refractivity contribution >= 4 is 38.9 Å². The van der Waals surface area contributed by atoms with E-state index in [9.17, 15) is 36.5 Å². The zero-order valence-electron chi connectivity index (χ0n) is 14.9. The van der Waals surface area contributed by atoms with E-state index in [2.05, 4.69) is 0 Å². The fourth-order valence-corrected chi connectivity index (χ4v) is 3.76. The van der Waals surface area contributed by atoms with Crippen molar-refractivity contribution in [3.63, 3.8) is 0 Å². The first-order valence-electron chi connectivity index (χ1n) is 8.33. The quantitative estimate of drug-likeness (QED) is 0.537. The maximum Gasteiger partial charge on any atom is 0.516 e. The number of halogens is 4. The second-order valence-corrected chi connectivity index (χ2v) is 8.52. The van der Waals surface area contributed by atoms with Crippen molar-refractivity contribution in [3.05, 3.63) is 68.2 Å². The van der Waals surface area contributed by atoms with Crippen LogP contribution in [-0.4, -0.2) is 36.2 Å². The molecule has 8 nitrogen and oxygen atoms in total. The van der Waals surface area contributed by atoms with E-state index in [1.54, 1.807) is 0 Å². The summed E-state index contributed by atoms with van der Waals surface area (Å²) in [5.41, 5.74) is -4.82. The molecule has 0 atom stereocenters. The van der Waals surface area contributed by atoms with Gasteiger partial charge in [0.05, 0.1) is 4.92 Å². The predicted molar refractivity (Wildman–Crippen MR) is 102 cm³/mol. The predicted octanol–water partition coefficient (Wildman–Crippen LogP) is 3.71. The molecule has 1 aliphatic heterocycles. The Labute approximate surface area is 173 Å². The van der Waals surface area contributed by atoms with Crippen LogP contribution in [0.5, 0.6) is 0 Å². The third-order valence-electron chi connectivity index (χ3n) is 4.42. The van der Waals surface area contributed by atoms with Crippen LogP contribution in [0.4, 0.5) is 24.5 Å². The van der Waals surface area contributed by atoms with Crippen molar-refractivity contribution in [2.75, 3.05) is 11.3 Å². The molecule has 0 fully saturated rings. The summed E-state index contributed by atoms with van der Waals surface area (Å²) in [5, 5.41) is 11.0. The van der Waals surface area contributed by atoms with Crippen LogP contribution in [0.25, 0.3) is 0 Å². The summed E-state index contributed by atoms with van der Waals surface area (Å²) >= 11 is 5.87. The Kier molecular flexibility index (Phi) is 5.65. The van der Waals surface area contributed by atoms with Gasteiger partial charge < -0.3 is 4.90 Å². The van der Waals surface area contributed by atoms with E-state index in [1.165, 1.54) is 27.8 Å². The summed E-state index contributed by atoms with van der Waals surface area (Å²) in [6.07, 6.45) is 0.419. The van der Waals surface area contributed by atoms with Gasteiger partial charge in [0.1, 0.15) is 5.02 Å². The lowest BCUT2D eigenvalue weighted by atomic mass is 9.97. The van der Waals surface area contributed by atoms with E-state index in [-0.39, 0.29) is 28.5 Å². The molecule has 1 aliphatic rings. The molecular formula is C17H13ClF3N3O5S. The normalized spacial score (nSPS) is 14.4. The molecule has 0 aliphatic carbocycles. The van der Waals surface area contributed by atoms with E-state index in [0.29, 0.717) is 24.1 Å².